The van der Waals surface area contributed by atoms with Gasteiger partial charge in [0.15, 0.2) is 12.6 Å². The SMILES string of the molecule is C[C@@H](OCc1ccccc1)c1cc(F)ccc1-n1ccc(C=O)n1.C[C@@H](OCc1ccccc1)c1cc(F)ccc1I.O=Cc1ccn[nH]1. The van der Waals surface area contributed by atoms with E-state index in [-0.39, 0.29) is 23.8 Å². The number of hydrogen-bond acceptors (Lipinski definition) is 6. The van der Waals surface area contributed by atoms with Crippen molar-refractivity contribution in [3.63, 3.8) is 0 Å². The molecular formula is C38H35F2IN4O4. The first-order valence-corrected chi connectivity index (χ1v) is 16.4. The molecule has 0 fully saturated rings. The van der Waals surface area contributed by atoms with E-state index >= 15 is 0 Å². The largest absolute Gasteiger partial charge is 0.369 e. The molecular weight excluding hydrogens is 741 g/mol. The third kappa shape index (κ3) is 11.7. The van der Waals surface area contributed by atoms with Crippen LogP contribution in [0.25, 0.3) is 5.69 Å². The molecule has 2 heterocycles. The fourth-order valence-corrected chi connectivity index (χ4v) is 5.30. The van der Waals surface area contributed by atoms with Crippen molar-refractivity contribution in [2.75, 3.05) is 0 Å². The van der Waals surface area contributed by atoms with Crippen LogP contribution in [0.15, 0.2) is 122 Å². The van der Waals surface area contributed by atoms with Gasteiger partial charge in [-0.1, -0.05) is 60.7 Å². The van der Waals surface area contributed by atoms with Gasteiger partial charge in [-0.05, 0) is 102 Å². The fraction of sp³-hybridized carbons (Fsp3) is 0.158. The highest BCUT2D eigenvalue weighted by Gasteiger charge is 2.15. The van der Waals surface area contributed by atoms with Gasteiger partial charge in [0.25, 0.3) is 0 Å². The van der Waals surface area contributed by atoms with Crippen molar-refractivity contribution in [3.8, 4) is 5.69 Å². The van der Waals surface area contributed by atoms with Crippen molar-refractivity contribution >= 4 is 35.2 Å². The number of ether oxygens (including phenoxy) is 2. The highest BCUT2D eigenvalue weighted by Crippen LogP contribution is 2.27. The maximum atomic E-state index is 13.7. The molecule has 11 heteroatoms. The van der Waals surface area contributed by atoms with E-state index in [4.69, 9.17) is 9.47 Å². The second-order valence-electron chi connectivity index (χ2n) is 10.7. The van der Waals surface area contributed by atoms with Crippen LogP contribution >= 0.6 is 22.6 Å². The summed E-state index contributed by atoms with van der Waals surface area (Å²) in [5.41, 5.74) is 5.26. The second-order valence-corrected chi connectivity index (χ2v) is 11.8. The molecule has 0 bridgehead atoms. The smallest absolute Gasteiger partial charge is 0.170 e. The highest BCUT2D eigenvalue weighted by molar-refractivity contribution is 14.1. The van der Waals surface area contributed by atoms with E-state index in [9.17, 15) is 18.4 Å². The van der Waals surface area contributed by atoms with E-state index in [0.29, 0.717) is 48.4 Å². The molecule has 0 aliphatic heterocycles. The van der Waals surface area contributed by atoms with Crippen molar-refractivity contribution in [2.45, 2.75) is 39.3 Å². The lowest BCUT2D eigenvalue weighted by Crippen LogP contribution is -2.07. The first-order chi connectivity index (χ1) is 23.8. The molecule has 6 aromatic rings. The third-order valence-electron chi connectivity index (χ3n) is 7.14. The van der Waals surface area contributed by atoms with E-state index in [1.165, 1.54) is 30.5 Å². The Bertz CT molecular complexity index is 1890. The molecule has 6 rings (SSSR count). The van der Waals surface area contributed by atoms with Gasteiger partial charge in [0.1, 0.15) is 17.3 Å². The normalized spacial score (nSPS) is 11.7. The van der Waals surface area contributed by atoms with Gasteiger partial charge in [0.05, 0.1) is 36.8 Å². The van der Waals surface area contributed by atoms with Gasteiger partial charge in [0.2, 0.25) is 0 Å². The van der Waals surface area contributed by atoms with Crippen molar-refractivity contribution < 1.29 is 27.8 Å². The van der Waals surface area contributed by atoms with Crippen LogP contribution in [-0.4, -0.2) is 32.6 Å². The number of aldehydes is 2. The minimum Gasteiger partial charge on any atom is -0.369 e. The van der Waals surface area contributed by atoms with Crippen LogP contribution in [0.4, 0.5) is 8.78 Å². The number of hydrogen-bond donors (Lipinski definition) is 1. The molecule has 2 aromatic heterocycles. The summed E-state index contributed by atoms with van der Waals surface area (Å²) < 4.78 is 41.2. The second kappa shape index (κ2) is 19.2. The Morgan fingerprint density at radius 1 is 0.755 bits per heavy atom. The van der Waals surface area contributed by atoms with Crippen LogP contribution in [0.1, 0.15) is 69.3 Å². The number of H-pyrrole nitrogens is 1. The topological polar surface area (TPSA) is 99.1 Å². The summed E-state index contributed by atoms with van der Waals surface area (Å²) in [6, 6.07) is 32.2. The molecule has 0 aliphatic carbocycles. The summed E-state index contributed by atoms with van der Waals surface area (Å²) in [7, 11) is 0. The number of rotatable bonds is 11. The molecule has 0 spiro atoms. The van der Waals surface area contributed by atoms with Gasteiger partial charge in [-0.3, -0.25) is 14.7 Å². The Labute approximate surface area is 297 Å². The quantitative estimate of drug-likeness (QED) is 0.104. The zero-order valence-electron chi connectivity index (χ0n) is 26.9. The van der Waals surface area contributed by atoms with Gasteiger partial charge < -0.3 is 9.47 Å². The Kier molecular flexibility index (Phi) is 14.5. The first kappa shape index (κ1) is 37.0. The highest BCUT2D eigenvalue weighted by atomic mass is 127. The monoisotopic (exact) mass is 776 g/mol. The van der Waals surface area contributed by atoms with Crippen LogP contribution in [0.3, 0.4) is 0 Å². The number of nitrogens with zero attached hydrogens (tertiary/aromatic N) is 3. The zero-order chi connectivity index (χ0) is 35.0. The van der Waals surface area contributed by atoms with Gasteiger partial charge in [-0.15, -0.1) is 0 Å². The number of nitrogens with one attached hydrogen (secondary N) is 1. The van der Waals surface area contributed by atoms with Crippen molar-refractivity contribution in [1.82, 2.24) is 20.0 Å². The lowest BCUT2D eigenvalue weighted by molar-refractivity contribution is 0.0518. The number of carbonyl (C=O) groups excluding carboxylic acids is 2. The minimum atomic E-state index is -0.341. The third-order valence-corrected chi connectivity index (χ3v) is 8.12. The average Bonchev–Trinajstić information content (AvgIpc) is 3.85. The molecule has 0 radical (unpaired) electrons. The molecule has 0 amide bonds. The summed E-state index contributed by atoms with van der Waals surface area (Å²) in [6.07, 6.45) is 4.14. The van der Waals surface area contributed by atoms with Gasteiger partial charge in [0, 0.05) is 21.5 Å². The predicted molar refractivity (Wildman–Crippen MR) is 191 cm³/mol. The standard InChI is InChI=1S/C19H17FN2O2.C15H14FIO.C4H4N2O/c1-14(24-13-15-5-3-2-4-6-15)18-11-16(20)7-8-19(18)22-10-9-17(12-23)21-22;1-11(14-9-13(16)7-8-15(14)17)18-10-12-5-3-2-4-6-12;7-3-4-1-2-5-6-4/h2-12,14H,13H2,1H3;2-9,11H,10H2,1H3;1-3H,(H,5,6)/t14-;11-;/m11./s1. The van der Waals surface area contributed by atoms with Crippen LogP contribution in [0.5, 0.6) is 0 Å². The molecule has 4 aromatic carbocycles. The number of halogens is 3. The molecule has 0 unspecified atom stereocenters. The number of aromatic amines is 1. The summed E-state index contributed by atoms with van der Waals surface area (Å²) in [5, 5.41) is 10.2. The Morgan fingerprint density at radius 3 is 1.84 bits per heavy atom. The van der Waals surface area contributed by atoms with Crippen LogP contribution in [-0.2, 0) is 22.7 Å². The first-order valence-electron chi connectivity index (χ1n) is 15.3. The van der Waals surface area contributed by atoms with Crippen molar-refractivity contribution in [3.05, 3.63) is 170 Å². The van der Waals surface area contributed by atoms with Crippen LogP contribution < -0.4 is 0 Å². The summed E-state index contributed by atoms with van der Waals surface area (Å²) >= 11 is 2.20. The predicted octanol–water partition coefficient (Wildman–Crippen LogP) is 9.03. The van der Waals surface area contributed by atoms with E-state index < -0.39 is 0 Å². The minimum absolute atomic E-state index is 0.118. The molecule has 0 saturated heterocycles. The molecule has 0 aliphatic rings. The molecule has 2 atom stereocenters. The molecule has 8 nitrogen and oxygen atoms in total. The van der Waals surface area contributed by atoms with Crippen LogP contribution in [0, 0.1) is 15.2 Å². The Hall–Kier alpha value is -4.85. The lowest BCUT2D eigenvalue weighted by atomic mass is 10.1. The van der Waals surface area contributed by atoms with E-state index in [0.717, 1.165) is 20.3 Å². The number of carbonyl (C=O) groups is 2. The van der Waals surface area contributed by atoms with Crippen molar-refractivity contribution in [2.24, 2.45) is 0 Å². The van der Waals surface area contributed by atoms with E-state index in [1.54, 1.807) is 35.1 Å². The number of benzene rings is 4. The average molecular weight is 777 g/mol. The van der Waals surface area contributed by atoms with Crippen molar-refractivity contribution in [1.29, 1.82) is 0 Å². The van der Waals surface area contributed by atoms with Crippen LogP contribution in [0.2, 0.25) is 0 Å². The van der Waals surface area contributed by atoms with E-state index in [2.05, 4.69) is 37.9 Å². The van der Waals surface area contributed by atoms with Gasteiger partial charge in [-0.25, -0.2) is 13.5 Å². The lowest BCUT2D eigenvalue weighted by Gasteiger charge is -2.17. The summed E-state index contributed by atoms with van der Waals surface area (Å²) in [6.45, 7) is 4.77. The molecule has 49 heavy (non-hydrogen) atoms. The maximum Gasteiger partial charge on any atom is 0.170 e. The molecule has 1 N–H and O–H groups in total. The molecule has 0 saturated carbocycles. The fourth-order valence-electron chi connectivity index (χ4n) is 4.52. The van der Waals surface area contributed by atoms with Gasteiger partial charge >= 0.3 is 0 Å². The van der Waals surface area contributed by atoms with E-state index in [1.807, 2.05) is 74.5 Å². The Morgan fingerprint density at radius 2 is 1.33 bits per heavy atom. The summed E-state index contributed by atoms with van der Waals surface area (Å²) in [5.74, 6) is -0.563. The molecule has 252 valence electrons. The van der Waals surface area contributed by atoms with Gasteiger partial charge in [-0.2, -0.15) is 10.2 Å². The maximum absolute atomic E-state index is 13.7. The summed E-state index contributed by atoms with van der Waals surface area (Å²) in [4.78, 5) is 20.6. The zero-order valence-corrected chi connectivity index (χ0v) is 29.0. The Balaban J connectivity index is 0.000000189. The number of aromatic nitrogens is 4.